The zero-order valence-corrected chi connectivity index (χ0v) is 21.9. The molecule has 1 N–H and O–H groups in total. The first-order chi connectivity index (χ1) is 14.9. The second-order valence-electron chi connectivity index (χ2n) is 11.3. The Morgan fingerprint density at radius 1 is 0.969 bits per heavy atom. The lowest BCUT2D eigenvalue weighted by Gasteiger charge is -2.37. The average Bonchev–Trinajstić information content (AvgIpc) is 2.66. The smallest absolute Gasteiger partial charge is 0.123 e. The molecule has 0 bridgehead atoms. The number of benzene rings is 1. The molecular weight excluding hydrogens is 392 g/mol. The highest BCUT2D eigenvalue weighted by atomic mass is 16.5. The molecule has 1 aliphatic heterocycles. The maximum atomic E-state index is 10.4. The molecule has 0 saturated heterocycles. The van der Waals surface area contributed by atoms with E-state index < -0.39 is 0 Å². The van der Waals surface area contributed by atoms with Crippen molar-refractivity contribution in [2.75, 3.05) is 0 Å². The van der Waals surface area contributed by atoms with E-state index >= 15 is 0 Å². The Morgan fingerprint density at radius 3 is 2.16 bits per heavy atom. The van der Waals surface area contributed by atoms with E-state index in [9.17, 15) is 5.11 Å². The summed E-state index contributed by atoms with van der Waals surface area (Å²) in [5.41, 5.74) is 6.22. The number of hydrogen-bond donors (Lipinski definition) is 1. The fourth-order valence-corrected chi connectivity index (χ4v) is 4.36. The molecule has 0 amide bonds. The van der Waals surface area contributed by atoms with Crippen molar-refractivity contribution < 1.29 is 9.84 Å². The summed E-state index contributed by atoms with van der Waals surface area (Å²) in [6, 6.07) is 3.98. The summed E-state index contributed by atoms with van der Waals surface area (Å²) in [5.74, 6) is 1.35. The lowest BCUT2D eigenvalue weighted by Crippen LogP contribution is -2.36. The SMILES string of the molecule is CC(C)=CCC/C(C)=C/CC/C(C)=C/CCC1(C)CCc2cc(O)c(C(C)(C)C)cc2O1. The van der Waals surface area contributed by atoms with Gasteiger partial charge in [0.1, 0.15) is 17.1 Å². The molecule has 0 aromatic heterocycles. The standard InChI is InChI=1S/C30H46O2/c1-22(2)12-9-13-23(3)14-10-15-24(4)16-11-18-30(8)19-17-25-20-27(31)26(29(5,6)7)21-28(25)32-30/h12,14,16,20-21,31H,9-11,13,15,17-19H2,1-8H3/b23-14+,24-16+. The highest BCUT2D eigenvalue weighted by molar-refractivity contribution is 5.49. The van der Waals surface area contributed by atoms with Gasteiger partial charge in [0.05, 0.1) is 0 Å². The number of fused-ring (bicyclic) bond motifs is 1. The fourth-order valence-electron chi connectivity index (χ4n) is 4.36. The minimum Gasteiger partial charge on any atom is -0.508 e. The Morgan fingerprint density at radius 2 is 1.56 bits per heavy atom. The third-order valence-corrected chi connectivity index (χ3v) is 6.56. The number of ether oxygens (including phenoxy) is 1. The highest BCUT2D eigenvalue weighted by Gasteiger charge is 2.32. The maximum absolute atomic E-state index is 10.4. The molecule has 0 spiro atoms. The number of rotatable bonds is 9. The molecule has 0 fully saturated rings. The molecule has 1 atom stereocenters. The molecule has 2 nitrogen and oxygen atoms in total. The van der Waals surface area contributed by atoms with Gasteiger partial charge >= 0.3 is 0 Å². The fraction of sp³-hybridized carbons (Fsp3) is 0.600. The van der Waals surface area contributed by atoms with E-state index in [0.29, 0.717) is 5.75 Å². The van der Waals surface area contributed by atoms with Crippen molar-refractivity contribution in [2.45, 2.75) is 118 Å². The summed E-state index contributed by atoms with van der Waals surface area (Å²) in [4.78, 5) is 0. The average molecular weight is 439 g/mol. The Labute approximate surface area is 197 Å². The predicted molar refractivity (Wildman–Crippen MR) is 139 cm³/mol. The molecular formula is C30H46O2. The molecule has 1 unspecified atom stereocenters. The van der Waals surface area contributed by atoms with Gasteiger partial charge in [0.15, 0.2) is 0 Å². The lowest BCUT2D eigenvalue weighted by molar-refractivity contribution is 0.0568. The van der Waals surface area contributed by atoms with Crippen LogP contribution in [-0.2, 0) is 11.8 Å². The monoisotopic (exact) mass is 438 g/mol. The number of phenolic OH excluding ortho intramolecular Hbond substituents is 1. The Kier molecular flexibility index (Phi) is 9.25. The zero-order valence-electron chi connectivity index (χ0n) is 21.9. The van der Waals surface area contributed by atoms with Crippen molar-refractivity contribution in [1.29, 1.82) is 0 Å². The number of hydrogen-bond acceptors (Lipinski definition) is 2. The van der Waals surface area contributed by atoms with Crippen molar-refractivity contribution in [3.8, 4) is 11.5 Å². The second kappa shape index (κ2) is 11.3. The summed E-state index contributed by atoms with van der Waals surface area (Å²) in [5, 5.41) is 10.4. The van der Waals surface area contributed by atoms with Crippen LogP contribution in [0.15, 0.2) is 47.1 Å². The minimum absolute atomic E-state index is 0.103. The van der Waals surface area contributed by atoms with E-state index in [1.807, 2.05) is 6.07 Å². The van der Waals surface area contributed by atoms with E-state index in [1.54, 1.807) is 0 Å². The molecule has 2 rings (SSSR count). The molecule has 1 heterocycles. The number of phenols is 1. The van der Waals surface area contributed by atoms with Gasteiger partial charge in [0.25, 0.3) is 0 Å². The van der Waals surface area contributed by atoms with Crippen molar-refractivity contribution in [1.82, 2.24) is 0 Å². The van der Waals surface area contributed by atoms with Crippen LogP contribution in [0.4, 0.5) is 0 Å². The normalized spacial score (nSPS) is 19.4. The number of allylic oxidation sites excluding steroid dienone is 6. The van der Waals surface area contributed by atoms with Crippen LogP contribution in [0.25, 0.3) is 0 Å². The van der Waals surface area contributed by atoms with Crippen molar-refractivity contribution in [2.24, 2.45) is 0 Å². The van der Waals surface area contributed by atoms with Crippen LogP contribution in [-0.4, -0.2) is 10.7 Å². The van der Waals surface area contributed by atoms with Crippen LogP contribution >= 0.6 is 0 Å². The van der Waals surface area contributed by atoms with E-state index in [2.05, 4.69) is 79.7 Å². The van der Waals surface area contributed by atoms with Crippen LogP contribution < -0.4 is 4.74 Å². The first-order valence-corrected chi connectivity index (χ1v) is 12.4. The second-order valence-corrected chi connectivity index (χ2v) is 11.3. The topological polar surface area (TPSA) is 29.5 Å². The van der Waals surface area contributed by atoms with Crippen molar-refractivity contribution in [3.05, 3.63) is 58.2 Å². The molecule has 0 saturated carbocycles. The van der Waals surface area contributed by atoms with Crippen LogP contribution in [0.3, 0.4) is 0 Å². The van der Waals surface area contributed by atoms with Crippen LogP contribution in [0, 0.1) is 0 Å². The van der Waals surface area contributed by atoms with E-state index in [-0.39, 0.29) is 11.0 Å². The molecule has 0 aliphatic carbocycles. The quantitative estimate of drug-likeness (QED) is 0.390. The van der Waals surface area contributed by atoms with E-state index in [0.717, 1.165) is 61.8 Å². The van der Waals surface area contributed by atoms with E-state index in [1.165, 1.54) is 23.1 Å². The third kappa shape index (κ3) is 8.19. The van der Waals surface area contributed by atoms with Crippen LogP contribution in [0.2, 0.25) is 0 Å². The lowest BCUT2D eigenvalue weighted by atomic mass is 9.83. The molecule has 1 aliphatic rings. The molecule has 0 radical (unpaired) electrons. The molecule has 2 heteroatoms. The Bertz CT molecular complexity index is 860. The van der Waals surface area contributed by atoms with Gasteiger partial charge in [-0.2, -0.15) is 0 Å². The summed E-state index contributed by atoms with van der Waals surface area (Å²) in [7, 11) is 0. The molecule has 32 heavy (non-hydrogen) atoms. The third-order valence-electron chi connectivity index (χ3n) is 6.56. The van der Waals surface area contributed by atoms with Gasteiger partial charge < -0.3 is 9.84 Å². The van der Waals surface area contributed by atoms with Crippen molar-refractivity contribution >= 4 is 0 Å². The summed E-state index contributed by atoms with van der Waals surface area (Å²) < 4.78 is 6.50. The Hall–Kier alpha value is -1.96. The first-order valence-electron chi connectivity index (χ1n) is 12.4. The van der Waals surface area contributed by atoms with Gasteiger partial charge in [-0.05, 0) is 109 Å². The Balaban J connectivity index is 1.87. The van der Waals surface area contributed by atoms with Gasteiger partial charge in [-0.25, -0.2) is 0 Å². The van der Waals surface area contributed by atoms with Gasteiger partial charge in [-0.1, -0.05) is 55.7 Å². The van der Waals surface area contributed by atoms with E-state index in [4.69, 9.17) is 4.74 Å². The van der Waals surface area contributed by atoms with Gasteiger partial charge in [0.2, 0.25) is 0 Å². The minimum atomic E-state index is -0.142. The van der Waals surface area contributed by atoms with Crippen LogP contribution in [0.5, 0.6) is 11.5 Å². The number of aryl methyl sites for hydroxylation is 1. The van der Waals surface area contributed by atoms with Gasteiger partial charge in [0, 0.05) is 5.56 Å². The molecule has 1 aromatic carbocycles. The van der Waals surface area contributed by atoms with Crippen LogP contribution in [0.1, 0.15) is 111 Å². The predicted octanol–water partition coefficient (Wildman–Crippen LogP) is 8.97. The molecule has 1 aromatic rings. The maximum Gasteiger partial charge on any atom is 0.123 e. The summed E-state index contributed by atoms with van der Waals surface area (Å²) in [6.45, 7) is 17.5. The summed E-state index contributed by atoms with van der Waals surface area (Å²) >= 11 is 0. The largest absolute Gasteiger partial charge is 0.508 e. The van der Waals surface area contributed by atoms with Gasteiger partial charge in [-0.3, -0.25) is 0 Å². The van der Waals surface area contributed by atoms with Gasteiger partial charge in [-0.15, -0.1) is 0 Å². The number of aromatic hydroxyl groups is 1. The molecule has 178 valence electrons. The highest BCUT2D eigenvalue weighted by Crippen LogP contribution is 2.42. The zero-order chi connectivity index (χ0) is 23.9. The summed E-state index contributed by atoms with van der Waals surface area (Å²) in [6.07, 6.45) is 15.7. The van der Waals surface area contributed by atoms with Crippen molar-refractivity contribution in [3.63, 3.8) is 0 Å². The first kappa shape index (κ1) is 26.3.